The van der Waals surface area contributed by atoms with Gasteiger partial charge in [0.1, 0.15) is 0 Å². The number of aliphatic hydroxyl groups is 1. The fourth-order valence-corrected chi connectivity index (χ4v) is 4.77. The largest absolute Gasteiger partial charge is 0.391 e. The zero-order valence-electron chi connectivity index (χ0n) is 6.06. The van der Waals surface area contributed by atoms with Crippen molar-refractivity contribution in [3.63, 3.8) is 0 Å². The van der Waals surface area contributed by atoms with Crippen LogP contribution in [0.5, 0.6) is 0 Å². The van der Waals surface area contributed by atoms with E-state index in [1.807, 2.05) is 0 Å². The minimum atomic E-state index is -3.13. The van der Waals surface area contributed by atoms with Crippen molar-refractivity contribution in [3.05, 3.63) is 0 Å². The number of sulfone groups is 1. The first-order valence-corrected chi connectivity index (χ1v) is 6.57. The van der Waals surface area contributed by atoms with Crippen LogP contribution in [-0.4, -0.2) is 46.8 Å². The molecule has 0 saturated carbocycles. The van der Waals surface area contributed by atoms with Crippen LogP contribution in [0, 0.1) is 0 Å². The summed E-state index contributed by atoms with van der Waals surface area (Å²) in [6, 6.07) is 0. The molecule has 1 aliphatic rings. The van der Waals surface area contributed by atoms with E-state index in [0.29, 0.717) is 0 Å². The molecule has 0 aromatic heterocycles. The number of hydrogen-bond donors (Lipinski definition) is 1. The maximum absolute atomic E-state index is 10.9. The molecular weight excluding hydrogens is 188 g/mol. The van der Waals surface area contributed by atoms with Crippen LogP contribution in [0.2, 0.25) is 0 Å². The van der Waals surface area contributed by atoms with Gasteiger partial charge in [-0.1, -0.05) is 0 Å². The van der Waals surface area contributed by atoms with Crippen LogP contribution in [0.25, 0.3) is 0 Å². The minimum Gasteiger partial charge on any atom is -0.391 e. The average Bonchev–Trinajstić information content (AvgIpc) is 2.05. The molecule has 1 aliphatic heterocycles. The molecule has 66 valence electrons. The van der Waals surface area contributed by atoms with Crippen molar-refractivity contribution in [1.82, 2.24) is 0 Å². The zero-order valence-corrected chi connectivity index (χ0v) is 7.69. The first kappa shape index (κ1) is 9.15. The van der Waals surface area contributed by atoms with Crippen LogP contribution in [-0.2, 0) is 20.6 Å². The van der Waals surface area contributed by atoms with Gasteiger partial charge < -0.3 is 5.11 Å². The van der Waals surface area contributed by atoms with Crippen molar-refractivity contribution in [2.45, 2.75) is 11.4 Å². The highest BCUT2D eigenvalue weighted by atomic mass is 32.2. The van der Waals surface area contributed by atoms with Gasteiger partial charge in [-0.25, -0.2) is 8.42 Å². The van der Waals surface area contributed by atoms with Gasteiger partial charge in [-0.05, 0) is 0 Å². The van der Waals surface area contributed by atoms with Crippen LogP contribution < -0.4 is 0 Å². The molecule has 11 heavy (non-hydrogen) atoms. The fourth-order valence-electron chi connectivity index (χ4n) is 1.11. The number of hydrogen-bond acceptors (Lipinski definition) is 4. The molecule has 0 spiro atoms. The smallest absolute Gasteiger partial charge is 0.154 e. The summed E-state index contributed by atoms with van der Waals surface area (Å²) in [5.41, 5.74) is 0. The van der Waals surface area contributed by atoms with Gasteiger partial charge in [0.05, 0.1) is 22.9 Å². The summed E-state index contributed by atoms with van der Waals surface area (Å²) in [6.07, 6.45) is 0.472. The fraction of sp³-hybridized carbons (Fsp3) is 1.00. The number of rotatable bonds is 1. The molecular formula is C5H10O4S2. The van der Waals surface area contributed by atoms with E-state index in [0.717, 1.165) is 0 Å². The van der Waals surface area contributed by atoms with Crippen molar-refractivity contribution >= 4 is 20.6 Å². The molecule has 0 aliphatic carbocycles. The predicted octanol–water partition coefficient (Wildman–Crippen LogP) is -1.48. The van der Waals surface area contributed by atoms with E-state index in [4.69, 9.17) is 5.11 Å². The van der Waals surface area contributed by atoms with Crippen LogP contribution >= 0.6 is 0 Å². The van der Waals surface area contributed by atoms with E-state index in [1.54, 1.807) is 0 Å². The average molecular weight is 198 g/mol. The van der Waals surface area contributed by atoms with Gasteiger partial charge in [0.2, 0.25) is 0 Å². The molecule has 1 heterocycles. The molecule has 4 nitrogen and oxygen atoms in total. The van der Waals surface area contributed by atoms with Gasteiger partial charge in [0, 0.05) is 17.1 Å². The Morgan fingerprint density at radius 3 is 2.18 bits per heavy atom. The van der Waals surface area contributed by atoms with Crippen molar-refractivity contribution in [2.75, 3.05) is 17.8 Å². The van der Waals surface area contributed by atoms with Crippen molar-refractivity contribution in [1.29, 1.82) is 0 Å². The lowest BCUT2D eigenvalue weighted by Gasteiger charge is -2.07. The van der Waals surface area contributed by atoms with Crippen LogP contribution in [0.15, 0.2) is 0 Å². The van der Waals surface area contributed by atoms with Gasteiger partial charge in [0.25, 0.3) is 0 Å². The third kappa shape index (κ3) is 2.00. The summed E-state index contributed by atoms with van der Waals surface area (Å²) in [4.78, 5) is 0. The molecule has 0 unspecified atom stereocenters. The van der Waals surface area contributed by atoms with Crippen LogP contribution in [0.4, 0.5) is 0 Å². The first-order chi connectivity index (χ1) is 4.92. The highest BCUT2D eigenvalue weighted by Crippen LogP contribution is 2.16. The van der Waals surface area contributed by atoms with E-state index in [1.165, 1.54) is 6.26 Å². The lowest BCUT2D eigenvalue weighted by molar-refractivity contribution is 0.206. The molecule has 1 N–H and O–H groups in total. The Labute approximate surface area is 68.0 Å². The van der Waals surface area contributed by atoms with Gasteiger partial charge >= 0.3 is 0 Å². The molecule has 0 aromatic rings. The third-order valence-electron chi connectivity index (χ3n) is 1.70. The molecule has 6 heteroatoms. The summed E-state index contributed by atoms with van der Waals surface area (Å²) < 4.78 is 32.6. The Bertz CT molecular complexity index is 268. The summed E-state index contributed by atoms with van der Waals surface area (Å²) in [7, 11) is -4.38. The molecule has 0 radical (unpaired) electrons. The van der Waals surface area contributed by atoms with E-state index in [-0.39, 0.29) is 11.5 Å². The second-order valence-corrected chi connectivity index (χ2v) is 6.44. The first-order valence-electron chi connectivity index (χ1n) is 3.13. The van der Waals surface area contributed by atoms with Gasteiger partial charge in [-0.15, -0.1) is 0 Å². The van der Waals surface area contributed by atoms with Crippen LogP contribution in [0.1, 0.15) is 0 Å². The molecule has 0 aromatic carbocycles. The van der Waals surface area contributed by atoms with Gasteiger partial charge in [-0.2, -0.15) is 0 Å². The molecule has 1 rings (SSSR count). The Balaban J connectivity index is 2.83. The summed E-state index contributed by atoms with van der Waals surface area (Å²) in [5, 5.41) is 8.54. The maximum Gasteiger partial charge on any atom is 0.154 e. The lowest BCUT2D eigenvalue weighted by atomic mass is 10.3. The molecule has 1 fully saturated rings. The van der Waals surface area contributed by atoms with Crippen molar-refractivity contribution in [3.8, 4) is 0 Å². The summed E-state index contributed by atoms with van der Waals surface area (Å²) in [5.74, 6) is -0.380. The third-order valence-corrected chi connectivity index (χ3v) is 4.96. The van der Waals surface area contributed by atoms with Gasteiger partial charge in [-0.3, -0.25) is 4.21 Å². The number of aliphatic hydroxyl groups excluding tert-OH is 1. The topological polar surface area (TPSA) is 71.4 Å². The Kier molecular flexibility index (Phi) is 2.36. The maximum atomic E-state index is 10.9. The highest BCUT2D eigenvalue weighted by molar-refractivity contribution is 7.94. The second kappa shape index (κ2) is 2.84. The van der Waals surface area contributed by atoms with E-state index < -0.39 is 32.0 Å². The van der Waals surface area contributed by atoms with Crippen molar-refractivity contribution < 1.29 is 17.7 Å². The quantitative estimate of drug-likeness (QED) is 0.558. The Hall–Kier alpha value is 0.0600. The van der Waals surface area contributed by atoms with Crippen molar-refractivity contribution in [2.24, 2.45) is 0 Å². The molecule has 0 amide bonds. The second-order valence-electron chi connectivity index (χ2n) is 2.68. The van der Waals surface area contributed by atoms with Crippen LogP contribution in [0.3, 0.4) is 0 Å². The van der Waals surface area contributed by atoms with E-state index in [2.05, 4.69) is 0 Å². The molecule has 3 atom stereocenters. The SMILES string of the molecule is C[S@](=O)[C@@H]1CS(=O)(=O)C[C@H]1O. The summed E-state index contributed by atoms with van der Waals surface area (Å²) in [6.45, 7) is 0. The molecule has 1 saturated heterocycles. The standard InChI is InChI=1S/C5H10O4S2/c1-10(7)5-3-11(8,9)2-4(5)6/h4-6H,2-3H2,1H3/t4-,5-,10+/m1/s1. The highest BCUT2D eigenvalue weighted by Gasteiger charge is 2.38. The minimum absolute atomic E-state index is 0.142. The lowest BCUT2D eigenvalue weighted by Crippen LogP contribution is -2.27. The van der Waals surface area contributed by atoms with Gasteiger partial charge in [0.15, 0.2) is 9.84 Å². The summed E-state index contributed by atoms with van der Waals surface area (Å²) >= 11 is 0. The Morgan fingerprint density at radius 1 is 1.45 bits per heavy atom. The normalized spacial score (nSPS) is 38.7. The zero-order chi connectivity index (χ0) is 8.65. The van der Waals surface area contributed by atoms with E-state index in [9.17, 15) is 12.6 Å². The molecule has 0 bridgehead atoms. The monoisotopic (exact) mass is 198 g/mol. The van der Waals surface area contributed by atoms with E-state index >= 15 is 0 Å². The predicted molar refractivity (Wildman–Crippen MR) is 42.5 cm³/mol. The Morgan fingerprint density at radius 2 is 2.00 bits per heavy atom.